The van der Waals surface area contributed by atoms with Crippen LogP contribution in [-0.4, -0.2) is 33.2 Å². The lowest BCUT2D eigenvalue weighted by molar-refractivity contribution is 0.555. The van der Waals surface area contributed by atoms with Gasteiger partial charge in [-0.3, -0.25) is 4.72 Å². The van der Waals surface area contributed by atoms with Crippen molar-refractivity contribution in [2.45, 2.75) is 4.90 Å². The first-order valence-corrected chi connectivity index (χ1v) is 7.59. The Labute approximate surface area is 128 Å². The normalized spacial score (nSPS) is 11.4. The zero-order chi connectivity index (χ0) is 16.4. The predicted octanol–water partition coefficient (Wildman–Crippen LogP) is 1.14. The topological polar surface area (TPSA) is 103 Å². The summed E-state index contributed by atoms with van der Waals surface area (Å²) in [7, 11) is -4.35. The Morgan fingerprint density at radius 2 is 1.91 bits per heavy atom. The number of hydrogen-bond donors (Lipinski definition) is 1. The lowest BCUT2D eigenvalue weighted by atomic mass is 10.3. The zero-order valence-electron chi connectivity index (χ0n) is 11.3. The van der Waals surface area contributed by atoms with Gasteiger partial charge in [0, 0.05) is 6.07 Å². The monoisotopic (exact) mass is 338 g/mol. The highest BCUT2D eigenvalue weighted by atomic mass is 32.2. The van der Waals surface area contributed by atoms with Crippen molar-refractivity contribution in [2.24, 2.45) is 0 Å². The SMILES string of the molecule is O=S(=O)(Nc1cc(-n2cncn2)ncn1)c1cc(F)ccc1F. The van der Waals surface area contributed by atoms with Gasteiger partial charge in [-0.25, -0.2) is 36.8 Å². The molecule has 23 heavy (non-hydrogen) atoms. The molecule has 0 bridgehead atoms. The van der Waals surface area contributed by atoms with Gasteiger partial charge in [0.2, 0.25) is 0 Å². The molecular formula is C12H8F2N6O2S. The van der Waals surface area contributed by atoms with Crippen molar-refractivity contribution in [1.29, 1.82) is 0 Å². The number of hydrogen-bond acceptors (Lipinski definition) is 6. The summed E-state index contributed by atoms with van der Waals surface area (Å²) in [5.41, 5.74) is 0. The van der Waals surface area contributed by atoms with E-state index in [-0.39, 0.29) is 11.6 Å². The van der Waals surface area contributed by atoms with Crippen LogP contribution in [0.4, 0.5) is 14.6 Å². The molecule has 0 spiro atoms. The van der Waals surface area contributed by atoms with Gasteiger partial charge in [-0.2, -0.15) is 5.10 Å². The summed E-state index contributed by atoms with van der Waals surface area (Å²) in [5.74, 6) is -1.84. The third kappa shape index (κ3) is 3.13. The first kappa shape index (κ1) is 15.0. The van der Waals surface area contributed by atoms with Crippen molar-refractivity contribution in [1.82, 2.24) is 24.7 Å². The Morgan fingerprint density at radius 1 is 1.09 bits per heavy atom. The first-order chi connectivity index (χ1) is 11.0. The lowest BCUT2D eigenvalue weighted by Crippen LogP contribution is -2.16. The van der Waals surface area contributed by atoms with Gasteiger partial charge in [0.1, 0.15) is 41.3 Å². The minimum Gasteiger partial charge on any atom is -0.263 e. The van der Waals surface area contributed by atoms with Crippen LogP contribution in [0.25, 0.3) is 5.82 Å². The van der Waals surface area contributed by atoms with Crippen molar-refractivity contribution >= 4 is 15.8 Å². The fourth-order valence-electron chi connectivity index (χ4n) is 1.73. The van der Waals surface area contributed by atoms with Crippen LogP contribution in [0.3, 0.4) is 0 Å². The van der Waals surface area contributed by atoms with Crippen LogP contribution in [0.5, 0.6) is 0 Å². The van der Waals surface area contributed by atoms with E-state index in [1.54, 1.807) is 0 Å². The van der Waals surface area contributed by atoms with Gasteiger partial charge in [0.15, 0.2) is 5.82 Å². The van der Waals surface area contributed by atoms with E-state index in [9.17, 15) is 17.2 Å². The number of sulfonamides is 1. The van der Waals surface area contributed by atoms with Crippen LogP contribution in [-0.2, 0) is 10.0 Å². The number of nitrogens with one attached hydrogen (secondary N) is 1. The third-order valence-corrected chi connectivity index (χ3v) is 4.10. The van der Waals surface area contributed by atoms with Gasteiger partial charge in [-0.15, -0.1) is 0 Å². The molecule has 0 aliphatic carbocycles. The first-order valence-electron chi connectivity index (χ1n) is 6.10. The molecule has 0 aliphatic heterocycles. The van der Waals surface area contributed by atoms with Gasteiger partial charge in [-0.1, -0.05) is 0 Å². The van der Waals surface area contributed by atoms with E-state index < -0.39 is 26.6 Å². The van der Waals surface area contributed by atoms with Crippen LogP contribution < -0.4 is 4.72 Å². The molecule has 0 radical (unpaired) electrons. The lowest BCUT2D eigenvalue weighted by Gasteiger charge is -2.09. The third-order valence-electron chi connectivity index (χ3n) is 2.73. The molecule has 0 saturated heterocycles. The summed E-state index contributed by atoms with van der Waals surface area (Å²) in [6.07, 6.45) is 3.72. The molecule has 11 heteroatoms. The second kappa shape index (κ2) is 5.68. The van der Waals surface area contributed by atoms with Crippen LogP contribution in [0.2, 0.25) is 0 Å². The van der Waals surface area contributed by atoms with Crippen molar-refractivity contribution in [3.05, 3.63) is 54.9 Å². The molecule has 8 nitrogen and oxygen atoms in total. The molecule has 0 amide bonds. The van der Waals surface area contributed by atoms with Gasteiger partial charge >= 0.3 is 0 Å². The van der Waals surface area contributed by atoms with E-state index >= 15 is 0 Å². The van der Waals surface area contributed by atoms with E-state index in [0.29, 0.717) is 6.07 Å². The smallest absolute Gasteiger partial charge is 0.263 e. The molecule has 3 aromatic rings. The largest absolute Gasteiger partial charge is 0.266 e. The minimum absolute atomic E-state index is 0.130. The molecule has 0 unspecified atom stereocenters. The van der Waals surface area contributed by atoms with Crippen molar-refractivity contribution in [3.63, 3.8) is 0 Å². The van der Waals surface area contributed by atoms with E-state index in [1.807, 2.05) is 0 Å². The number of rotatable bonds is 4. The predicted molar refractivity (Wildman–Crippen MR) is 74.1 cm³/mol. The Bertz CT molecular complexity index is 946. The summed E-state index contributed by atoms with van der Waals surface area (Å²) >= 11 is 0. The molecule has 1 N–H and O–H groups in total. The van der Waals surface area contributed by atoms with Gasteiger partial charge in [0.25, 0.3) is 10.0 Å². The summed E-state index contributed by atoms with van der Waals surface area (Å²) in [6, 6.07) is 3.40. The molecule has 2 heterocycles. The van der Waals surface area contributed by atoms with Crippen molar-refractivity contribution in [2.75, 3.05) is 4.72 Å². The molecule has 0 aliphatic rings. The van der Waals surface area contributed by atoms with E-state index in [0.717, 1.165) is 18.5 Å². The average Bonchev–Trinajstić information content (AvgIpc) is 3.04. The molecular weight excluding hydrogens is 330 g/mol. The highest BCUT2D eigenvalue weighted by Crippen LogP contribution is 2.19. The van der Waals surface area contributed by atoms with Crippen molar-refractivity contribution < 1.29 is 17.2 Å². The summed E-state index contributed by atoms with van der Waals surface area (Å²) in [6.45, 7) is 0. The number of benzene rings is 1. The average molecular weight is 338 g/mol. The van der Waals surface area contributed by atoms with Crippen LogP contribution in [0.15, 0.2) is 48.1 Å². The number of halogens is 2. The molecule has 0 fully saturated rings. The molecule has 0 atom stereocenters. The van der Waals surface area contributed by atoms with E-state index in [2.05, 4.69) is 24.8 Å². The maximum Gasteiger partial charge on any atom is 0.266 e. The van der Waals surface area contributed by atoms with E-state index in [1.165, 1.54) is 23.4 Å². The second-order valence-electron chi connectivity index (χ2n) is 4.28. The molecule has 0 saturated carbocycles. The van der Waals surface area contributed by atoms with Crippen LogP contribution in [0.1, 0.15) is 0 Å². The number of nitrogens with zero attached hydrogens (tertiary/aromatic N) is 5. The Morgan fingerprint density at radius 3 is 2.65 bits per heavy atom. The fraction of sp³-hybridized carbons (Fsp3) is 0. The maximum absolute atomic E-state index is 13.6. The maximum atomic E-state index is 13.6. The zero-order valence-corrected chi connectivity index (χ0v) is 12.1. The van der Waals surface area contributed by atoms with Crippen LogP contribution >= 0.6 is 0 Å². The van der Waals surface area contributed by atoms with Crippen molar-refractivity contribution in [3.8, 4) is 5.82 Å². The number of aromatic nitrogens is 5. The summed E-state index contributed by atoms with van der Waals surface area (Å²) in [5, 5.41) is 3.84. The van der Waals surface area contributed by atoms with Crippen LogP contribution in [0, 0.1) is 11.6 Å². The van der Waals surface area contributed by atoms with Gasteiger partial charge in [0.05, 0.1) is 0 Å². The minimum atomic E-state index is -4.35. The fourth-order valence-corrected chi connectivity index (χ4v) is 2.82. The summed E-state index contributed by atoms with van der Waals surface area (Å²) < 4.78 is 54.4. The highest BCUT2D eigenvalue weighted by molar-refractivity contribution is 7.92. The Hall–Kier alpha value is -2.95. The molecule has 1 aromatic carbocycles. The molecule has 3 rings (SSSR count). The number of anilines is 1. The second-order valence-corrected chi connectivity index (χ2v) is 5.93. The standard InChI is InChI=1S/C12H8F2N6O2S/c13-8-1-2-9(14)10(3-8)23(21,22)19-11-4-12(17-6-16-11)20-7-15-5-18-20/h1-7H,(H,16,17,19). The highest BCUT2D eigenvalue weighted by Gasteiger charge is 2.21. The molecule has 2 aromatic heterocycles. The Kier molecular flexibility index (Phi) is 3.70. The molecule has 118 valence electrons. The quantitative estimate of drug-likeness (QED) is 0.765. The van der Waals surface area contributed by atoms with E-state index in [4.69, 9.17) is 0 Å². The summed E-state index contributed by atoms with van der Waals surface area (Å²) in [4.78, 5) is 10.5. The Balaban J connectivity index is 1.95. The van der Waals surface area contributed by atoms with Gasteiger partial charge in [-0.05, 0) is 18.2 Å². The van der Waals surface area contributed by atoms with Gasteiger partial charge < -0.3 is 0 Å².